The van der Waals surface area contributed by atoms with Crippen LogP contribution in [0.5, 0.6) is 0 Å². The second-order valence-corrected chi connectivity index (χ2v) is 4.66. The summed E-state index contributed by atoms with van der Waals surface area (Å²) < 4.78 is 0. The van der Waals surface area contributed by atoms with Crippen molar-refractivity contribution in [3.63, 3.8) is 0 Å². The molecular formula is C18H16N4. The van der Waals surface area contributed by atoms with Crippen LogP contribution in [0.4, 0.5) is 11.4 Å². The fourth-order valence-electron chi connectivity index (χ4n) is 2.20. The Morgan fingerprint density at radius 3 is 1.41 bits per heavy atom. The SMILES string of the molecule is [C-]#[N+]C([N+]#[C-])=C(N(C)c1ccccc1)N(C)c1ccccc1. The number of rotatable bonds is 4. The summed E-state index contributed by atoms with van der Waals surface area (Å²) in [6.45, 7) is 14.6. The molecule has 0 fully saturated rings. The van der Waals surface area contributed by atoms with Crippen molar-refractivity contribution in [2.24, 2.45) is 0 Å². The van der Waals surface area contributed by atoms with E-state index in [1.165, 1.54) is 0 Å². The van der Waals surface area contributed by atoms with E-state index >= 15 is 0 Å². The van der Waals surface area contributed by atoms with E-state index in [0.29, 0.717) is 5.82 Å². The highest BCUT2D eigenvalue weighted by atomic mass is 15.3. The molecule has 0 heterocycles. The van der Waals surface area contributed by atoms with Gasteiger partial charge in [0.1, 0.15) is 13.1 Å². The van der Waals surface area contributed by atoms with Gasteiger partial charge in [0.2, 0.25) is 5.82 Å². The molecular weight excluding hydrogens is 272 g/mol. The first-order valence-corrected chi connectivity index (χ1v) is 6.75. The van der Waals surface area contributed by atoms with E-state index in [2.05, 4.69) is 9.69 Å². The Labute approximate surface area is 131 Å². The van der Waals surface area contributed by atoms with Crippen LogP contribution in [0.25, 0.3) is 9.69 Å². The lowest BCUT2D eigenvalue weighted by Gasteiger charge is -2.29. The molecule has 2 aromatic carbocycles. The molecule has 4 nitrogen and oxygen atoms in total. The summed E-state index contributed by atoms with van der Waals surface area (Å²) in [4.78, 5) is 10.5. The van der Waals surface area contributed by atoms with E-state index in [1.807, 2.05) is 84.6 Å². The molecule has 2 aromatic rings. The number of nitrogens with zero attached hydrogens (tertiary/aromatic N) is 4. The molecule has 108 valence electrons. The predicted molar refractivity (Wildman–Crippen MR) is 89.9 cm³/mol. The standard InChI is InChI=1S/C18H16N4/c1-19-17(20-2)18(21(3)15-11-7-5-8-12-15)22(4)16-13-9-6-10-14-16/h5-14H,3-4H3. The van der Waals surface area contributed by atoms with Crippen LogP contribution in [-0.2, 0) is 0 Å². The van der Waals surface area contributed by atoms with Crippen LogP contribution >= 0.6 is 0 Å². The Kier molecular flexibility index (Phi) is 4.80. The van der Waals surface area contributed by atoms with Crippen LogP contribution in [0.2, 0.25) is 0 Å². The van der Waals surface area contributed by atoms with Gasteiger partial charge < -0.3 is 9.80 Å². The number of hydrogen-bond acceptors (Lipinski definition) is 2. The van der Waals surface area contributed by atoms with Crippen molar-refractivity contribution in [3.05, 3.63) is 95.1 Å². The smallest absolute Gasteiger partial charge is 0.333 e. The van der Waals surface area contributed by atoms with E-state index in [1.54, 1.807) is 0 Å². The van der Waals surface area contributed by atoms with Crippen molar-refractivity contribution < 1.29 is 0 Å². The third-order valence-electron chi connectivity index (χ3n) is 3.33. The lowest BCUT2D eigenvalue weighted by Crippen LogP contribution is -2.31. The van der Waals surface area contributed by atoms with Crippen molar-refractivity contribution in [2.75, 3.05) is 23.9 Å². The first kappa shape index (κ1) is 15.2. The monoisotopic (exact) mass is 288 g/mol. The molecule has 0 aliphatic carbocycles. The van der Waals surface area contributed by atoms with E-state index in [0.717, 1.165) is 11.4 Å². The van der Waals surface area contributed by atoms with Gasteiger partial charge in [-0.25, -0.2) is 0 Å². The largest absolute Gasteiger partial charge is 0.560 e. The molecule has 2 rings (SSSR count). The average molecular weight is 288 g/mol. The summed E-state index contributed by atoms with van der Waals surface area (Å²) in [5.74, 6) is 0.597. The quantitative estimate of drug-likeness (QED) is 0.782. The molecule has 0 radical (unpaired) electrons. The highest BCUT2D eigenvalue weighted by Crippen LogP contribution is 2.26. The van der Waals surface area contributed by atoms with Crippen molar-refractivity contribution in [3.8, 4) is 0 Å². The Bertz CT molecular complexity index is 673. The van der Waals surface area contributed by atoms with Gasteiger partial charge in [-0.1, -0.05) is 36.4 Å². The third-order valence-corrected chi connectivity index (χ3v) is 3.33. The summed E-state index contributed by atoms with van der Waals surface area (Å²) >= 11 is 0. The van der Waals surface area contributed by atoms with Crippen LogP contribution in [0.3, 0.4) is 0 Å². The zero-order valence-electron chi connectivity index (χ0n) is 12.6. The van der Waals surface area contributed by atoms with Crippen LogP contribution in [0.15, 0.2) is 72.3 Å². The number of benzene rings is 2. The summed E-state index contributed by atoms with van der Waals surface area (Å²) in [5.41, 5.74) is 1.84. The minimum Gasteiger partial charge on any atom is -0.333 e. The van der Waals surface area contributed by atoms with Gasteiger partial charge in [-0.05, 0) is 24.3 Å². The zero-order chi connectivity index (χ0) is 15.9. The summed E-state index contributed by atoms with van der Waals surface area (Å²) in [5, 5.41) is 0. The Hall–Kier alpha value is -3.24. The molecule has 0 aromatic heterocycles. The van der Waals surface area contributed by atoms with Crippen molar-refractivity contribution >= 4 is 11.4 Å². The minimum absolute atomic E-state index is 0.0395. The Morgan fingerprint density at radius 2 is 1.09 bits per heavy atom. The normalized spacial score (nSPS) is 9.27. The number of para-hydroxylation sites is 2. The highest BCUT2D eigenvalue weighted by Gasteiger charge is 2.24. The first-order chi connectivity index (χ1) is 10.7. The molecule has 0 amide bonds. The molecule has 4 heteroatoms. The summed E-state index contributed by atoms with van der Waals surface area (Å²) in [6.07, 6.45) is 0. The molecule has 0 aliphatic rings. The Balaban J connectivity index is 2.53. The fraction of sp³-hybridized carbons (Fsp3) is 0.111. The van der Waals surface area contributed by atoms with Crippen molar-refractivity contribution in [1.29, 1.82) is 0 Å². The van der Waals surface area contributed by atoms with Gasteiger partial charge >= 0.3 is 5.82 Å². The second kappa shape index (κ2) is 6.97. The lowest BCUT2D eigenvalue weighted by molar-refractivity contribution is 0.964. The number of anilines is 2. The maximum atomic E-state index is 7.30. The van der Waals surface area contributed by atoms with E-state index < -0.39 is 0 Å². The number of hydrogen-bond donors (Lipinski definition) is 0. The minimum atomic E-state index is 0.0395. The third kappa shape index (κ3) is 3.08. The van der Waals surface area contributed by atoms with Crippen molar-refractivity contribution in [1.82, 2.24) is 0 Å². The van der Waals surface area contributed by atoms with E-state index in [-0.39, 0.29) is 5.82 Å². The van der Waals surface area contributed by atoms with Gasteiger partial charge in [0, 0.05) is 25.5 Å². The zero-order valence-corrected chi connectivity index (χ0v) is 12.6. The topological polar surface area (TPSA) is 15.2 Å². The Morgan fingerprint density at radius 1 is 0.727 bits per heavy atom. The van der Waals surface area contributed by atoms with Gasteiger partial charge in [0.15, 0.2) is 0 Å². The van der Waals surface area contributed by atoms with Crippen LogP contribution in [0.1, 0.15) is 0 Å². The molecule has 0 saturated carbocycles. The van der Waals surface area contributed by atoms with Gasteiger partial charge in [-0.15, -0.1) is 0 Å². The second-order valence-electron chi connectivity index (χ2n) is 4.66. The van der Waals surface area contributed by atoms with Crippen LogP contribution in [-0.4, -0.2) is 14.1 Å². The van der Waals surface area contributed by atoms with Gasteiger partial charge in [-0.3, -0.25) is 0 Å². The molecule has 0 spiro atoms. The maximum absolute atomic E-state index is 7.30. The molecule has 0 unspecified atom stereocenters. The van der Waals surface area contributed by atoms with Gasteiger partial charge in [0.25, 0.3) is 0 Å². The first-order valence-electron chi connectivity index (χ1n) is 6.75. The van der Waals surface area contributed by atoms with E-state index in [9.17, 15) is 0 Å². The predicted octanol–water partition coefficient (Wildman–Crippen LogP) is 4.22. The van der Waals surface area contributed by atoms with Crippen LogP contribution in [0, 0.1) is 13.1 Å². The van der Waals surface area contributed by atoms with Gasteiger partial charge in [0.05, 0.1) is 0 Å². The molecule has 0 N–H and O–H groups in total. The van der Waals surface area contributed by atoms with E-state index in [4.69, 9.17) is 13.1 Å². The molecule has 0 atom stereocenters. The molecule has 22 heavy (non-hydrogen) atoms. The average Bonchev–Trinajstić information content (AvgIpc) is 2.60. The maximum Gasteiger partial charge on any atom is 0.560 e. The summed E-state index contributed by atoms with van der Waals surface area (Å²) in [7, 11) is 3.72. The van der Waals surface area contributed by atoms with Crippen molar-refractivity contribution in [2.45, 2.75) is 0 Å². The molecule has 0 bridgehead atoms. The summed E-state index contributed by atoms with van der Waals surface area (Å²) in [6, 6.07) is 19.4. The van der Waals surface area contributed by atoms with Gasteiger partial charge in [-0.2, -0.15) is 9.69 Å². The van der Waals surface area contributed by atoms with Crippen LogP contribution < -0.4 is 9.80 Å². The molecule has 0 saturated heterocycles. The fourth-order valence-corrected chi connectivity index (χ4v) is 2.20. The lowest BCUT2D eigenvalue weighted by atomic mass is 10.2. The molecule has 0 aliphatic heterocycles. The highest BCUT2D eigenvalue weighted by molar-refractivity contribution is 5.62.